The highest BCUT2D eigenvalue weighted by atomic mass is 16.5. The third kappa shape index (κ3) is 4.23. The van der Waals surface area contributed by atoms with Crippen molar-refractivity contribution in [2.45, 2.75) is 39.2 Å². The number of ether oxygens (including phenoxy) is 1. The lowest BCUT2D eigenvalue weighted by Crippen LogP contribution is -2.54. The van der Waals surface area contributed by atoms with Gasteiger partial charge in [0.15, 0.2) is 5.60 Å². The van der Waals surface area contributed by atoms with E-state index in [9.17, 15) is 19.5 Å². The fraction of sp³-hybridized carbons (Fsp3) is 0.318. The van der Waals surface area contributed by atoms with Crippen LogP contribution in [-0.4, -0.2) is 35.0 Å². The van der Waals surface area contributed by atoms with Crippen LogP contribution >= 0.6 is 0 Å². The number of fused-ring (bicyclic) bond motifs is 1. The molecule has 7 heteroatoms. The monoisotopic (exact) mass is 396 g/mol. The highest BCUT2D eigenvalue weighted by Gasteiger charge is 2.41. The molecule has 0 fully saturated rings. The second-order valence-electron chi connectivity index (χ2n) is 7.82. The average molecular weight is 396 g/mol. The Bertz CT molecular complexity index is 964. The van der Waals surface area contributed by atoms with Gasteiger partial charge in [0.25, 0.3) is 5.91 Å². The molecule has 2 aromatic rings. The number of benzene rings is 2. The molecule has 1 aliphatic rings. The van der Waals surface area contributed by atoms with Crippen LogP contribution < -0.4 is 15.0 Å². The second-order valence-corrected chi connectivity index (χ2v) is 7.82. The van der Waals surface area contributed by atoms with Gasteiger partial charge in [-0.05, 0) is 55.7 Å². The number of amides is 2. The predicted molar refractivity (Wildman–Crippen MR) is 110 cm³/mol. The molecular weight excluding hydrogens is 372 g/mol. The molecule has 0 atom stereocenters. The molecule has 7 nitrogen and oxygen atoms in total. The molecule has 0 saturated carbocycles. The molecule has 3 rings (SSSR count). The number of rotatable bonds is 5. The molecule has 1 aliphatic heterocycles. The summed E-state index contributed by atoms with van der Waals surface area (Å²) in [6.45, 7) is 7.14. The summed E-state index contributed by atoms with van der Waals surface area (Å²) in [5, 5.41) is 12.0. The van der Waals surface area contributed by atoms with Crippen molar-refractivity contribution in [3.05, 3.63) is 53.6 Å². The molecule has 2 aromatic carbocycles. The highest BCUT2D eigenvalue weighted by molar-refractivity contribution is 6.08. The van der Waals surface area contributed by atoms with Gasteiger partial charge in [-0.2, -0.15) is 0 Å². The summed E-state index contributed by atoms with van der Waals surface area (Å²) in [6, 6.07) is 11.8. The lowest BCUT2D eigenvalue weighted by Gasteiger charge is -2.38. The average Bonchev–Trinajstić information content (AvgIpc) is 2.65. The van der Waals surface area contributed by atoms with Crippen LogP contribution in [0.15, 0.2) is 42.5 Å². The highest BCUT2D eigenvalue weighted by Crippen LogP contribution is 2.38. The van der Waals surface area contributed by atoms with E-state index in [1.54, 1.807) is 13.8 Å². The van der Waals surface area contributed by atoms with E-state index >= 15 is 0 Å². The maximum atomic E-state index is 12.8. The number of hydrogen-bond donors (Lipinski definition) is 2. The summed E-state index contributed by atoms with van der Waals surface area (Å²) >= 11 is 0. The molecule has 0 saturated heterocycles. The molecule has 0 unspecified atom stereocenters. The Hall–Kier alpha value is -3.35. The Morgan fingerprint density at radius 2 is 1.79 bits per heavy atom. The van der Waals surface area contributed by atoms with E-state index in [1.165, 1.54) is 23.1 Å². The zero-order chi connectivity index (χ0) is 21.3. The first-order chi connectivity index (χ1) is 13.6. The molecule has 0 radical (unpaired) electrons. The van der Waals surface area contributed by atoms with Gasteiger partial charge in [0, 0.05) is 5.69 Å². The maximum Gasteiger partial charge on any atom is 0.335 e. The number of hydrogen-bond acceptors (Lipinski definition) is 4. The number of carboxylic acid groups (broad SMARTS) is 1. The molecule has 0 aromatic heterocycles. The SMILES string of the molecule is CC(C)c1ccc(NC(=O)CN2C(=O)C(C)(C)Oc3cc(C(=O)O)ccc32)cc1. The number of aromatic carboxylic acids is 1. The maximum absolute atomic E-state index is 12.8. The second kappa shape index (κ2) is 7.58. The van der Waals surface area contributed by atoms with Crippen LogP contribution in [0.5, 0.6) is 5.75 Å². The van der Waals surface area contributed by atoms with Crippen molar-refractivity contribution in [3.8, 4) is 5.75 Å². The Balaban J connectivity index is 1.82. The van der Waals surface area contributed by atoms with Gasteiger partial charge in [0.2, 0.25) is 5.91 Å². The van der Waals surface area contributed by atoms with Gasteiger partial charge in [-0.1, -0.05) is 26.0 Å². The summed E-state index contributed by atoms with van der Waals surface area (Å²) in [5.74, 6) is -1.19. The smallest absolute Gasteiger partial charge is 0.335 e. The molecule has 0 bridgehead atoms. The van der Waals surface area contributed by atoms with Crippen molar-refractivity contribution < 1.29 is 24.2 Å². The van der Waals surface area contributed by atoms with Crippen LogP contribution in [0.4, 0.5) is 11.4 Å². The first kappa shape index (κ1) is 20.4. The number of carboxylic acids is 1. The van der Waals surface area contributed by atoms with E-state index in [2.05, 4.69) is 19.2 Å². The van der Waals surface area contributed by atoms with Crippen LogP contribution in [-0.2, 0) is 9.59 Å². The fourth-order valence-corrected chi connectivity index (χ4v) is 3.16. The van der Waals surface area contributed by atoms with E-state index in [4.69, 9.17) is 4.74 Å². The normalized spacial score (nSPS) is 14.9. The first-order valence-electron chi connectivity index (χ1n) is 9.36. The summed E-state index contributed by atoms with van der Waals surface area (Å²) in [6.07, 6.45) is 0. The summed E-state index contributed by atoms with van der Waals surface area (Å²) in [7, 11) is 0. The van der Waals surface area contributed by atoms with E-state index in [1.807, 2.05) is 24.3 Å². The Kier molecular flexibility index (Phi) is 5.33. The molecule has 2 N–H and O–H groups in total. The molecule has 1 heterocycles. The Labute approximate surface area is 169 Å². The Morgan fingerprint density at radius 1 is 1.14 bits per heavy atom. The minimum atomic E-state index is -1.22. The van der Waals surface area contributed by atoms with Crippen molar-refractivity contribution in [2.24, 2.45) is 0 Å². The van der Waals surface area contributed by atoms with Gasteiger partial charge in [0.05, 0.1) is 11.3 Å². The van der Waals surface area contributed by atoms with Gasteiger partial charge in [-0.25, -0.2) is 4.79 Å². The summed E-state index contributed by atoms with van der Waals surface area (Å²) in [5.41, 5.74) is 0.994. The van der Waals surface area contributed by atoms with Gasteiger partial charge < -0.3 is 15.2 Å². The number of carbonyl (C=O) groups is 3. The van der Waals surface area contributed by atoms with Gasteiger partial charge in [-0.15, -0.1) is 0 Å². The summed E-state index contributed by atoms with van der Waals surface area (Å²) < 4.78 is 5.70. The Morgan fingerprint density at radius 3 is 2.38 bits per heavy atom. The molecule has 0 aliphatic carbocycles. The topological polar surface area (TPSA) is 95.9 Å². The minimum Gasteiger partial charge on any atom is -0.478 e. The zero-order valence-electron chi connectivity index (χ0n) is 16.9. The summed E-state index contributed by atoms with van der Waals surface area (Å²) in [4.78, 5) is 38.0. The molecule has 0 spiro atoms. The van der Waals surface area contributed by atoms with Crippen LogP contribution in [0.2, 0.25) is 0 Å². The fourth-order valence-electron chi connectivity index (χ4n) is 3.16. The number of anilines is 2. The van der Waals surface area contributed by atoms with E-state index in [0.717, 1.165) is 5.56 Å². The van der Waals surface area contributed by atoms with Gasteiger partial charge in [0.1, 0.15) is 12.3 Å². The molecule has 2 amide bonds. The lowest BCUT2D eigenvalue weighted by molar-refractivity contribution is -0.133. The van der Waals surface area contributed by atoms with Crippen molar-refractivity contribution in [3.63, 3.8) is 0 Å². The van der Waals surface area contributed by atoms with Crippen LogP contribution in [0.3, 0.4) is 0 Å². The lowest BCUT2D eigenvalue weighted by atomic mass is 10.0. The number of nitrogens with zero attached hydrogens (tertiary/aromatic N) is 1. The standard InChI is InChI=1S/C22H24N2O5/c1-13(2)14-5-8-16(9-6-14)23-19(25)12-24-17-10-7-15(20(26)27)11-18(17)29-22(3,4)21(24)28/h5-11,13H,12H2,1-4H3,(H,23,25)(H,26,27). The third-order valence-electron chi connectivity index (χ3n) is 4.79. The third-order valence-corrected chi connectivity index (χ3v) is 4.79. The van der Waals surface area contributed by atoms with Crippen molar-refractivity contribution >= 4 is 29.2 Å². The van der Waals surface area contributed by atoms with Crippen molar-refractivity contribution in [2.75, 3.05) is 16.8 Å². The molecular formula is C22H24N2O5. The first-order valence-corrected chi connectivity index (χ1v) is 9.36. The predicted octanol–water partition coefficient (Wildman–Crippen LogP) is 3.65. The number of nitrogens with one attached hydrogen (secondary N) is 1. The van der Waals surface area contributed by atoms with Crippen molar-refractivity contribution in [1.29, 1.82) is 0 Å². The largest absolute Gasteiger partial charge is 0.478 e. The minimum absolute atomic E-state index is 0.0449. The van der Waals surface area contributed by atoms with E-state index in [0.29, 0.717) is 17.3 Å². The van der Waals surface area contributed by atoms with Crippen LogP contribution in [0, 0.1) is 0 Å². The quantitative estimate of drug-likeness (QED) is 0.804. The van der Waals surface area contributed by atoms with Crippen LogP contribution in [0.1, 0.15) is 49.5 Å². The van der Waals surface area contributed by atoms with Gasteiger partial charge in [-0.3, -0.25) is 14.5 Å². The van der Waals surface area contributed by atoms with Crippen molar-refractivity contribution in [1.82, 2.24) is 0 Å². The van der Waals surface area contributed by atoms with E-state index in [-0.39, 0.29) is 29.7 Å². The molecule has 29 heavy (non-hydrogen) atoms. The molecule has 152 valence electrons. The van der Waals surface area contributed by atoms with E-state index < -0.39 is 11.6 Å². The number of carbonyl (C=O) groups excluding carboxylic acids is 2. The zero-order valence-corrected chi connectivity index (χ0v) is 16.9. The van der Waals surface area contributed by atoms with Crippen LogP contribution in [0.25, 0.3) is 0 Å². The van der Waals surface area contributed by atoms with Gasteiger partial charge >= 0.3 is 5.97 Å².